The standard InChI is InChI=1S/C16H23ClN2/c1-12(13-6-2-3-7-14(13)17)18-15-9-11-19-10-5-4-8-16(15)19/h2-3,6-7,12,15-16,18H,4-5,8-11H2,1H3. The maximum absolute atomic E-state index is 6.29. The van der Waals surface area contributed by atoms with Crippen molar-refractivity contribution in [2.75, 3.05) is 13.1 Å². The van der Waals surface area contributed by atoms with Crippen LogP contribution in [-0.4, -0.2) is 30.1 Å². The van der Waals surface area contributed by atoms with Gasteiger partial charge in [0.2, 0.25) is 0 Å². The predicted molar refractivity (Wildman–Crippen MR) is 80.6 cm³/mol. The molecule has 0 aliphatic carbocycles. The van der Waals surface area contributed by atoms with Crippen LogP contribution in [0.5, 0.6) is 0 Å². The summed E-state index contributed by atoms with van der Waals surface area (Å²) in [6.07, 6.45) is 5.40. The van der Waals surface area contributed by atoms with Crippen LogP contribution in [-0.2, 0) is 0 Å². The van der Waals surface area contributed by atoms with Crippen molar-refractivity contribution in [2.45, 2.75) is 50.7 Å². The Morgan fingerprint density at radius 1 is 1.21 bits per heavy atom. The van der Waals surface area contributed by atoms with Crippen molar-refractivity contribution < 1.29 is 0 Å². The summed E-state index contributed by atoms with van der Waals surface area (Å²) in [6, 6.07) is 9.90. The van der Waals surface area contributed by atoms with Crippen molar-refractivity contribution in [1.29, 1.82) is 0 Å². The fourth-order valence-electron chi connectivity index (χ4n) is 3.68. The molecule has 0 amide bonds. The first-order valence-electron chi connectivity index (χ1n) is 7.50. The molecule has 2 heterocycles. The summed E-state index contributed by atoms with van der Waals surface area (Å²) < 4.78 is 0. The summed E-state index contributed by atoms with van der Waals surface area (Å²) in [7, 11) is 0. The van der Waals surface area contributed by atoms with Gasteiger partial charge in [0.25, 0.3) is 0 Å². The third-order valence-electron chi connectivity index (χ3n) is 4.69. The molecule has 19 heavy (non-hydrogen) atoms. The molecular formula is C16H23ClN2. The number of rotatable bonds is 3. The zero-order chi connectivity index (χ0) is 13.2. The van der Waals surface area contributed by atoms with Crippen LogP contribution >= 0.6 is 11.6 Å². The Bertz CT molecular complexity index is 435. The number of benzene rings is 1. The highest BCUT2D eigenvalue weighted by atomic mass is 35.5. The molecule has 3 rings (SSSR count). The highest BCUT2D eigenvalue weighted by Crippen LogP contribution is 2.30. The topological polar surface area (TPSA) is 15.3 Å². The molecule has 2 aliphatic heterocycles. The van der Waals surface area contributed by atoms with E-state index in [9.17, 15) is 0 Å². The second-order valence-corrected chi connectivity index (χ2v) is 6.31. The first-order chi connectivity index (χ1) is 9.25. The molecular weight excluding hydrogens is 256 g/mol. The van der Waals surface area contributed by atoms with Crippen molar-refractivity contribution in [3.8, 4) is 0 Å². The quantitative estimate of drug-likeness (QED) is 0.909. The molecule has 1 aromatic carbocycles. The zero-order valence-electron chi connectivity index (χ0n) is 11.6. The number of hydrogen-bond donors (Lipinski definition) is 1. The van der Waals surface area contributed by atoms with Crippen molar-refractivity contribution >= 4 is 11.6 Å². The molecule has 0 bridgehead atoms. The van der Waals surface area contributed by atoms with Gasteiger partial charge in [-0.15, -0.1) is 0 Å². The summed E-state index contributed by atoms with van der Waals surface area (Å²) in [5.41, 5.74) is 1.22. The SMILES string of the molecule is CC(NC1CCN2CCCCC12)c1ccccc1Cl. The Hall–Kier alpha value is -0.570. The molecule has 2 saturated heterocycles. The lowest BCUT2D eigenvalue weighted by molar-refractivity contribution is 0.177. The van der Waals surface area contributed by atoms with E-state index in [0.29, 0.717) is 12.1 Å². The van der Waals surface area contributed by atoms with Crippen LogP contribution in [0.2, 0.25) is 5.02 Å². The minimum Gasteiger partial charge on any atom is -0.306 e. The molecule has 0 radical (unpaired) electrons. The molecule has 1 N–H and O–H groups in total. The summed E-state index contributed by atoms with van der Waals surface area (Å²) in [5, 5.41) is 4.68. The molecule has 2 fully saturated rings. The summed E-state index contributed by atoms with van der Waals surface area (Å²) >= 11 is 6.29. The van der Waals surface area contributed by atoms with E-state index >= 15 is 0 Å². The molecule has 0 aromatic heterocycles. The first kappa shape index (κ1) is 13.4. The number of nitrogens with one attached hydrogen (secondary N) is 1. The smallest absolute Gasteiger partial charge is 0.0453 e. The van der Waals surface area contributed by atoms with Gasteiger partial charge in [-0.1, -0.05) is 36.2 Å². The Morgan fingerprint density at radius 2 is 2.05 bits per heavy atom. The lowest BCUT2D eigenvalue weighted by Crippen LogP contribution is -2.45. The third kappa shape index (κ3) is 2.81. The first-order valence-corrected chi connectivity index (χ1v) is 7.88. The van der Waals surface area contributed by atoms with Gasteiger partial charge in [0.1, 0.15) is 0 Å². The second-order valence-electron chi connectivity index (χ2n) is 5.90. The van der Waals surface area contributed by atoms with Gasteiger partial charge in [0.15, 0.2) is 0 Å². The number of fused-ring (bicyclic) bond motifs is 1. The average molecular weight is 279 g/mol. The van der Waals surface area contributed by atoms with Crippen LogP contribution in [0, 0.1) is 0 Å². The Balaban J connectivity index is 1.67. The molecule has 2 aliphatic rings. The van der Waals surface area contributed by atoms with Crippen LogP contribution < -0.4 is 5.32 Å². The van der Waals surface area contributed by atoms with Gasteiger partial charge in [0, 0.05) is 29.7 Å². The summed E-state index contributed by atoms with van der Waals surface area (Å²) in [6.45, 7) is 4.79. The van der Waals surface area contributed by atoms with E-state index in [1.807, 2.05) is 12.1 Å². The molecule has 0 saturated carbocycles. The van der Waals surface area contributed by atoms with E-state index < -0.39 is 0 Å². The fourth-order valence-corrected chi connectivity index (χ4v) is 3.98. The van der Waals surface area contributed by atoms with Gasteiger partial charge in [-0.2, -0.15) is 0 Å². The van der Waals surface area contributed by atoms with E-state index in [1.54, 1.807) is 0 Å². The molecule has 1 aromatic rings. The number of piperidine rings is 1. The van der Waals surface area contributed by atoms with Crippen LogP contribution in [0.1, 0.15) is 44.2 Å². The molecule has 2 nitrogen and oxygen atoms in total. The lowest BCUT2D eigenvalue weighted by atomic mass is 9.97. The number of nitrogens with zero attached hydrogens (tertiary/aromatic N) is 1. The van der Waals surface area contributed by atoms with Gasteiger partial charge in [-0.3, -0.25) is 4.90 Å². The van der Waals surface area contributed by atoms with Gasteiger partial charge in [-0.25, -0.2) is 0 Å². The van der Waals surface area contributed by atoms with Gasteiger partial charge in [0.05, 0.1) is 0 Å². The van der Waals surface area contributed by atoms with Crippen molar-refractivity contribution in [3.63, 3.8) is 0 Å². The van der Waals surface area contributed by atoms with E-state index in [1.165, 1.54) is 44.3 Å². The van der Waals surface area contributed by atoms with E-state index in [4.69, 9.17) is 11.6 Å². The minimum absolute atomic E-state index is 0.334. The van der Waals surface area contributed by atoms with Crippen molar-refractivity contribution in [3.05, 3.63) is 34.9 Å². The molecule has 3 heteroatoms. The lowest BCUT2D eigenvalue weighted by Gasteiger charge is -2.34. The van der Waals surface area contributed by atoms with E-state index in [-0.39, 0.29) is 0 Å². The average Bonchev–Trinajstić information content (AvgIpc) is 2.83. The van der Waals surface area contributed by atoms with E-state index in [2.05, 4.69) is 29.3 Å². The number of halogens is 1. The van der Waals surface area contributed by atoms with Crippen LogP contribution in [0.15, 0.2) is 24.3 Å². The Kier molecular flexibility index (Phi) is 4.11. The molecule has 0 spiro atoms. The van der Waals surface area contributed by atoms with Gasteiger partial charge < -0.3 is 5.32 Å². The summed E-state index contributed by atoms with van der Waals surface area (Å²) in [5.74, 6) is 0. The minimum atomic E-state index is 0.334. The van der Waals surface area contributed by atoms with Gasteiger partial charge >= 0.3 is 0 Å². The Morgan fingerprint density at radius 3 is 2.89 bits per heavy atom. The monoisotopic (exact) mass is 278 g/mol. The largest absolute Gasteiger partial charge is 0.306 e. The normalized spacial score (nSPS) is 29.2. The second kappa shape index (κ2) is 5.82. The Labute approximate surface area is 121 Å². The third-order valence-corrected chi connectivity index (χ3v) is 5.04. The molecule has 3 unspecified atom stereocenters. The van der Waals surface area contributed by atoms with E-state index in [0.717, 1.165) is 11.1 Å². The van der Waals surface area contributed by atoms with Crippen LogP contribution in [0.25, 0.3) is 0 Å². The fraction of sp³-hybridized carbons (Fsp3) is 0.625. The summed E-state index contributed by atoms with van der Waals surface area (Å²) in [4.78, 5) is 2.67. The van der Waals surface area contributed by atoms with Crippen molar-refractivity contribution in [1.82, 2.24) is 10.2 Å². The zero-order valence-corrected chi connectivity index (χ0v) is 12.4. The maximum atomic E-state index is 6.29. The number of hydrogen-bond acceptors (Lipinski definition) is 2. The highest BCUT2D eigenvalue weighted by Gasteiger charge is 2.35. The molecule has 104 valence electrons. The van der Waals surface area contributed by atoms with Crippen molar-refractivity contribution in [2.24, 2.45) is 0 Å². The maximum Gasteiger partial charge on any atom is 0.0453 e. The van der Waals surface area contributed by atoms with Gasteiger partial charge in [-0.05, 0) is 44.4 Å². The van der Waals surface area contributed by atoms with Crippen LogP contribution in [0.4, 0.5) is 0 Å². The predicted octanol–water partition coefficient (Wildman–Crippen LogP) is 3.62. The highest BCUT2D eigenvalue weighted by molar-refractivity contribution is 6.31. The molecule has 3 atom stereocenters. The van der Waals surface area contributed by atoms with Crippen LogP contribution in [0.3, 0.4) is 0 Å².